The monoisotopic (exact) mass is 312 g/mol. The third-order valence-corrected chi connectivity index (χ3v) is 4.48. The van der Waals surface area contributed by atoms with Crippen LogP contribution < -0.4 is 5.73 Å². The second-order valence-corrected chi connectivity index (χ2v) is 6.10. The van der Waals surface area contributed by atoms with Crippen LogP contribution >= 0.6 is 0 Å². The Morgan fingerprint density at radius 1 is 1.30 bits per heavy atom. The molecule has 2 aromatic heterocycles. The number of hydrogen-bond acceptors (Lipinski definition) is 4. The first-order valence-electron chi connectivity index (χ1n) is 7.64. The van der Waals surface area contributed by atoms with E-state index in [2.05, 4.69) is 14.5 Å². The molecule has 0 unspecified atom stereocenters. The maximum Gasteiger partial charge on any atom is 0.146 e. The largest absolute Gasteiger partial charge is 0.393 e. The molecule has 23 heavy (non-hydrogen) atoms. The Labute approximate surface area is 132 Å². The van der Waals surface area contributed by atoms with E-state index in [0.29, 0.717) is 25.1 Å². The Morgan fingerprint density at radius 2 is 2.13 bits per heavy atom. The number of aromatic nitrogens is 3. The first-order chi connectivity index (χ1) is 11.1. The van der Waals surface area contributed by atoms with E-state index in [1.54, 1.807) is 6.07 Å². The lowest BCUT2D eigenvalue weighted by Gasteiger charge is -2.32. The van der Waals surface area contributed by atoms with Gasteiger partial charge >= 0.3 is 0 Å². The van der Waals surface area contributed by atoms with Crippen LogP contribution in [0.3, 0.4) is 0 Å². The van der Waals surface area contributed by atoms with Gasteiger partial charge in [0.1, 0.15) is 23.6 Å². The van der Waals surface area contributed by atoms with Crippen molar-refractivity contribution in [2.45, 2.75) is 31.4 Å². The Bertz CT molecular complexity index is 870. The second-order valence-electron chi connectivity index (χ2n) is 6.10. The predicted molar refractivity (Wildman–Crippen MR) is 85.4 cm³/mol. The molecule has 0 aliphatic heterocycles. The van der Waals surface area contributed by atoms with Gasteiger partial charge in [-0.15, -0.1) is 0 Å². The van der Waals surface area contributed by atoms with E-state index in [1.165, 1.54) is 18.5 Å². The van der Waals surface area contributed by atoms with E-state index in [4.69, 9.17) is 5.73 Å². The number of fused-ring (bicyclic) bond motifs is 1. The number of benzene rings is 1. The molecule has 118 valence electrons. The summed E-state index contributed by atoms with van der Waals surface area (Å²) in [6.45, 7) is 0. The highest BCUT2D eigenvalue weighted by molar-refractivity contribution is 5.90. The molecule has 2 heterocycles. The third-order valence-electron chi connectivity index (χ3n) is 4.48. The Morgan fingerprint density at radius 3 is 2.87 bits per heavy atom. The molecule has 0 atom stereocenters. The van der Waals surface area contributed by atoms with E-state index < -0.39 is 0 Å². The van der Waals surface area contributed by atoms with E-state index in [9.17, 15) is 9.50 Å². The number of aliphatic hydroxyl groups excluding tert-OH is 1. The molecular formula is C17H17FN4O. The van der Waals surface area contributed by atoms with Crippen LogP contribution in [0.4, 0.5) is 10.2 Å². The van der Waals surface area contributed by atoms with Gasteiger partial charge in [-0.3, -0.25) is 0 Å². The van der Waals surface area contributed by atoms with Crippen molar-refractivity contribution in [1.82, 2.24) is 14.5 Å². The summed E-state index contributed by atoms with van der Waals surface area (Å²) >= 11 is 0. The number of aliphatic hydroxyl groups is 1. The minimum atomic E-state index is -0.252. The molecule has 1 saturated carbocycles. The van der Waals surface area contributed by atoms with Crippen LogP contribution in [0.25, 0.3) is 11.0 Å². The molecule has 1 aromatic carbocycles. The number of halogens is 1. The molecule has 1 aliphatic carbocycles. The molecule has 0 bridgehead atoms. The van der Waals surface area contributed by atoms with E-state index >= 15 is 0 Å². The maximum absolute atomic E-state index is 13.4. The van der Waals surface area contributed by atoms with E-state index in [0.717, 1.165) is 22.2 Å². The number of hydrogen-bond donors (Lipinski definition) is 2. The van der Waals surface area contributed by atoms with Crippen LogP contribution in [0, 0.1) is 5.82 Å². The van der Waals surface area contributed by atoms with E-state index in [1.807, 2.05) is 12.3 Å². The van der Waals surface area contributed by atoms with Crippen LogP contribution in [-0.2, 0) is 6.42 Å². The van der Waals surface area contributed by atoms with Crippen molar-refractivity contribution in [3.63, 3.8) is 0 Å². The van der Waals surface area contributed by atoms with Crippen molar-refractivity contribution < 1.29 is 9.50 Å². The standard InChI is InChI=1S/C17H17FN4O/c18-12-3-1-2-10(5-12)4-11-8-22(13-6-14(23)7-13)17-15(11)16(19)20-9-21-17/h1-3,5,8-9,13-14,23H,4,6-7H2,(H2,19,20,21)/t13-,14-. The minimum absolute atomic E-state index is 0.225. The summed E-state index contributed by atoms with van der Waals surface area (Å²) in [5, 5.41) is 10.4. The summed E-state index contributed by atoms with van der Waals surface area (Å²) in [5.74, 6) is 0.178. The van der Waals surface area contributed by atoms with Gasteiger partial charge in [-0.1, -0.05) is 12.1 Å². The van der Waals surface area contributed by atoms with Gasteiger partial charge in [0, 0.05) is 12.2 Å². The fourth-order valence-electron chi connectivity index (χ4n) is 3.25. The number of nitrogens with zero attached hydrogens (tertiary/aromatic N) is 3. The SMILES string of the molecule is Nc1ncnc2c1c(Cc1cccc(F)c1)cn2[C@H]1C[C@H](O)C1. The topological polar surface area (TPSA) is 77.0 Å². The molecule has 3 aromatic rings. The molecule has 0 spiro atoms. The molecular weight excluding hydrogens is 295 g/mol. The summed E-state index contributed by atoms with van der Waals surface area (Å²) in [5.41, 5.74) is 8.68. The van der Waals surface area contributed by atoms with Crippen LogP contribution in [0.1, 0.15) is 30.0 Å². The zero-order chi connectivity index (χ0) is 16.0. The van der Waals surface area contributed by atoms with Crippen molar-refractivity contribution in [3.05, 3.63) is 53.7 Å². The lowest BCUT2D eigenvalue weighted by Crippen LogP contribution is -2.30. The molecule has 0 radical (unpaired) electrons. The van der Waals surface area contributed by atoms with Crippen LogP contribution in [0.2, 0.25) is 0 Å². The summed E-state index contributed by atoms with van der Waals surface area (Å²) in [6.07, 6.45) is 5.21. The number of nitrogens with two attached hydrogens (primary N) is 1. The normalized spacial score (nSPS) is 20.6. The number of rotatable bonds is 3. The van der Waals surface area contributed by atoms with Crippen molar-refractivity contribution in [1.29, 1.82) is 0 Å². The van der Waals surface area contributed by atoms with Crippen molar-refractivity contribution >= 4 is 16.9 Å². The highest BCUT2D eigenvalue weighted by Crippen LogP contribution is 2.37. The molecule has 1 fully saturated rings. The molecule has 4 rings (SSSR count). The average Bonchev–Trinajstić information content (AvgIpc) is 2.84. The molecule has 6 heteroatoms. The number of nitrogen functional groups attached to an aromatic ring is 1. The van der Waals surface area contributed by atoms with Gasteiger partial charge in [-0.2, -0.15) is 0 Å². The molecule has 0 amide bonds. The maximum atomic E-state index is 13.4. The van der Waals surface area contributed by atoms with Gasteiger partial charge < -0.3 is 15.4 Å². The van der Waals surface area contributed by atoms with Crippen LogP contribution in [0.15, 0.2) is 36.8 Å². The van der Waals surface area contributed by atoms with Gasteiger partial charge in [-0.05, 0) is 42.5 Å². The summed E-state index contributed by atoms with van der Waals surface area (Å²) in [4.78, 5) is 8.45. The van der Waals surface area contributed by atoms with Gasteiger partial charge in [-0.25, -0.2) is 14.4 Å². The van der Waals surface area contributed by atoms with E-state index in [-0.39, 0.29) is 18.0 Å². The smallest absolute Gasteiger partial charge is 0.146 e. The number of anilines is 1. The van der Waals surface area contributed by atoms with Crippen molar-refractivity contribution in [3.8, 4) is 0 Å². The Kier molecular flexibility index (Phi) is 3.27. The minimum Gasteiger partial charge on any atom is -0.393 e. The van der Waals surface area contributed by atoms with Gasteiger partial charge in [0.05, 0.1) is 11.5 Å². The Hall–Kier alpha value is -2.47. The molecule has 3 N–H and O–H groups in total. The fourth-order valence-corrected chi connectivity index (χ4v) is 3.25. The zero-order valence-corrected chi connectivity index (χ0v) is 12.5. The predicted octanol–water partition coefficient (Wildman–Crippen LogP) is 2.44. The summed E-state index contributed by atoms with van der Waals surface area (Å²) in [6, 6.07) is 6.77. The third kappa shape index (κ3) is 2.45. The first kappa shape index (κ1) is 14.1. The Balaban J connectivity index is 1.79. The molecule has 1 aliphatic rings. The second kappa shape index (κ2) is 5.31. The highest BCUT2D eigenvalue weighted by Gasteiger charge is 2.30. The van der Waals surface area contributed by atoms with Gasteiger partial charge in [0.15, 0.2) is 0 Å². The molecule has 0 saturated heterocycles. The quantitative estimate of drug-likeness (QED) is 0.779. The van der Waals surface area contributed by atoms with Crippen molar-refractivity contribution in [2.75, 3.05) is 5.73 Å². The fraction of sp³-hybridized carbons (Fsp3) is 0.294. The van der Waals surface area contributed by atoms with Crippen LogP contribution in [0.5, 0.6) is 0 Å². The van der Waals surface area contributed by atoms with Gasteiger partial charge in [0.2, 0.25) is 0 Å². The zero-order valence-electron chi connectivity index (χ0n) is 12.5. The molecule has 5 nitrogen and oxygen atoms in total. The van der Waals surface area contributed by atoms with Gasteiger partial charge in [0.25, 0.3) is 0 Å². The summed E-state index contributed by atoms with van der Waals surface area (Å²) in [7, 11) is 0. The lowest BCUT2D eigenvalue weighted by molar-refractivity contribution is 0.0501. The average molecular weight is 312 g/mol. The van der Waals surface area contributed by atoms with Crippen molar-refractivity contribution in [2.24, 2.45) is 0 Å². The lowest BCUT2D eigenvalue weighted by atomic mass is 9.89. The van der Waals surface area contributed by atoms with Crippen LogP contribution in [-0.4, -0.2) is 25.7 Å². The first-order valence-corrected chi connectivity index (χ1v) is 7.64. The summed E-state index contributed by atoms with van der Waals surface area (Å²) < 4.78 is 15.5. The highest BCUT2D eigenvalue weighted by atomic mass is 19.1.